The van der Waals surface area contributed by atoms with Crippen molar-refractivity contribution in [3.05, 3.63) is 130 Å². The van der Waals surface area contributed by atoms with E-state index in [1.54, 1.807) is 60.7 Å². The minimum absolute atomic E-state index is 0.0212. The molecule has 0 aliphatic carbocycles. The quantitative estimate of drug-likeness (QED) is 0.186. The maximum absolute atomic E-state index is 14.5. The van der Waals surface area contributed by atoms with Crippen LogP contribution in [-0.4, -0.2) is 43.3 Å². The van der Waals surface area contributed by atoms with Gasteiger partial charge in [-0.25, -0.2) is 8.42 Å². The molecule has 0 fully saturated rings. The molecule has 0 saturated heterocycles. The Morgan fingerprint density at radius 1 is 0.822 bits per heavy atom. The van der Waals surface area contributed by atoms with Crippen LogP contribution in [0.1, 0.15) is 37.5 Å². The Morgan fingerprint density at radius 2 is 1.42 bits per heavy atom. The van der Waals surface area contributed by atoms with Crippen molar-refractivity contribution in [3.8, 4) is 0 Å². The molecule has 236 valence electrons. The highest BCUT2D eigenvalue weighted by Gasteiger charge is 2.35. The van der Waals surface area contributed by atoms with E-state index in [1.165, 1.54) is 17.0 Å². The monoisotopic (exact) mass is 665 g/mol. The first-order chi connectivity index (χ1) is 21.2. The molecule has 2 amide bonds. The first-order valence-electron chi connectivity index (χ1n) is 14.5. The molecule has 0 heterocycles. The topological polar surface area (TPSA) is 86.8 Å². The molecule has 4 aromatic rings. The van der Waals surface area contributed by atoms with Gasteiger partial charge in [-0.05, 0) is 81.3 Å². The van der Waals surface area contributed by atoms with Gasteiger partial charge in [0.05, 0.1) is 10.6 Å². The lowest BCUT2D eigenvalue weighted by molar-refractivity contribution is -0.140. The number of benzene rings is 4. The molecule has 10 heteroatoms. The molecule has 4 rings (SSSR count). The Balaban J connectivity index is 1.82. The number of amides is 2. The third kappa shape index (κ3) is 9.10. The number of sulfonamides is 1. The maximum Gasteiger partial charge on any atom is 0.264 e. The second-order valence-electron chi connectivity index (χ2n) is 11.9. The summed E-state index contributed by atoms with van der Waals surface area (Å²) in [5.41, 5.74) is 2.02. The van der Waals surface area contributed by atoms with Gasteiger partial charge in [-0.1, -0.05) is 89.4 Å². The van der Waals surface area contributed by atoms with Gasteiger partial charge in [0.1, 0.15) is 12.6 Å². The second-order valence-corrected chi connectivity index (χ2v) is 14.6. The summed E-state index contributed by atoms with van der Waals surface area (Å²) in [5.74, 6) is -0.947. The normalized spacial score (nSPS) is 12.3. The van der Waals surface area contributed by atoms with E-state index >= 15 is 0 Å². The molecule has 1 N–H and O–H groups in total. The van der Waals surface area contributed by atoms with E-state index in [0.29, 0.717) is 15.6 Å². The van der Waals surface area contributed by atoms with Gasteiger partial charge in [-0.2, -0.15) is 0 Å². The predicted molar refractivity (Wildman–Crippen MR) is 181 cm³/mol. The summed E-state index contributed by atoms with van der Waals surface area (Å²) in [5, 5.41) is 3.86. The fraction of sp³-hybridized carbons (Fsp3) is 0.257. The van der Waals surface area contributed by atoms with E-state index in [4.69, 9.17) is 23.2 Å². The van der Waals surface area contributed by atoms with E-state index < -0.39 is 34.1 Å². The number of anilines is 1. The van der Waals surface area contributed by atoms with E-state index in [0.717, 1.165) is 15.4 Å². The van der Waals surface area contributed by atoms with Gasteiger partial charge >= 0.3 is 0 Å². The first kappa shape index (κ1) is 34.0. The predicted octanol–water partition coefficient (Wildman–Crippen LogP) is 7.05. The Morgan fingerprint density at radius 3 is 2.02 bits per heavy atom. The van der Waals surface area contributed by atoms with Gasteiger partial charge in [0.2, 0.25) is 11.8 Å². The number of aryl methyl sites for hydroxylation is 1. The fourth-order valence-corrected chi connectivity index (χ4v) is 6.53. The summed E-state index contributed by atoms with van der Waals surface area (Å²) >= 11 is 12.7. The highest BCUT2D eigenvalue weighted by molar-refractivity contribution is 7.92. The number of halogens is 2. The molecule has 1 unspecified atom stereocenters. The molecule has 0 aromatic heterocycles. The van der Waals surface area contributed by atoms with Crippen LogP contribution in [0.15, 0.2) is 108 Å². The van der Waals surface area contributed by atoms with Crippen molar-refractivity contribution in [2.45, 2.75) is 57.1 Å². The van der Waals surface area contributed by atoms with Gasteiger partial charge in [0.15, 0.2) is 0 Å². The Kier molecular flexibility index (Phi) is 11.0. The van der Waals surface area contributed by atoms with Crippen LogP contribution in [0, 0.1) is 6.92 Å². The maximum atomic E-state index is 14.5. The van der Waals surface area contributed by atoms with Crippen LogP contribution in [0.5, 0.6) is 0 Å². The van der Waals surface area contributed by atoms with Gasteiger partial charge in [0, 0.05) is 28.5 Å². The lowest BCUT2D eigenvalue weighted by Gasteiger charge is -2.35. The molecular formula is C35H37Cl2N3O4S. The molecular weight excluding hydrogens is 629 g/mol. The standard InChI is InChI=1S/C35H37Cl2N3O4S/c1-25-14-20-30(21-15-25)45(43,44)40(29-18-16-28(36)17-19-29)24-33(41)39(23-27-12-8-9-13-31(27)37)32(34(42)38-35(2,3)4)22-26-10-6-5-7-11-26/h5-21,32H,22-24H2,1-4H3,(H,38,42). The Hall–Kier alpha value is -3.85. The van der Waals surface area contributed by atoms with Crippen molar-refractivity contribution in [3.63, 3.8) is 0 Å². The van der Waals surface area contributed by atoms with Gasteiger partial charge in [-0.15, -0.1) is 0 Å². The average Bonchev–Trinajstić information content (AvgIpc) is 2.99. The number of hydrogen-bond acceptors (Lipinski definition) is 4. The molecule has 4 aromatic carbocycles. The molecule has 0 saturated carbocycles. The third-order valence-corrected chi connectivity index (χ3v) is 9.48. The van der Waals surface area contributed by atoms with Crippen LogP contribution in [-0.2, 0) is 32.6 Å². The van der Waals surface area contributed by atoms with Crippen LogP contribution in [0.2, 0.25) is 10.0 Å². The van der Waals surface area contributed by atoms with Crippen LogP contribution < -0.4 is 9.62 Å². The smallest absolute Gasteiger partial charge is 0.264 e. The summed E-state index contributed by atoms with van der Waals surface area (Å²) in [6, 6.07) is 28.1. The number of carbonyl (C=O) groups excluding carboxylic acids is 2. The minimum Gasteiger partial charge on any atom is -0.350 e. The van der Waals surface area contributed by atoms with Crippen LogP contribution in [0.3, 0.4) is 0 Å². The molecule has 0 aliphatic rings. The van der Waals surface area contributed by atoms with Crippen molar-refractivity contribution in [1.82, 2.24) is 10.2 Å². The zero-order chi connectivity index (χ0) is 32.8. The largest absolute Gasteiger partial charge is 0.350 e. The molecule has 0 aliphatic heterocycles. The van der Waals surface area contributed by atoms with Crippen LogP contribution >= 0.6 is 23.2 Å². The summed E-state index contributed by atoms with van der Waals surface area (Å²) in [7, 11) is -4.21. The first-order valence-corrected chi connectivity index (χ1v) is 16.7. The number of nitrogens with one attached hydrogen (secondary N) is 1. The summed E-state index contributed by atoms with van der Waals surface area (Å²) in [6.45, 7) is 6.85. The van der Waals surface area contributed by atoms with Crippen molar-refractivity contribution in [1.29, 1.82) is 0 Å². The zero-order valence-electron chi connectivity index (χ0n) is 25.7. The lowest BCUT2D eigenvalue weighted by atomic mass is 10.0. The van der Waals surface area contributed by atoms with E-state index in [1.807, 2.05) is 58.0 Å². The van der Waals surface area contributed by atoms with Crippen LogP contribution in [0.4, 0.5) is 5.69 Å². The molecule has 0 bridgehead atoms. The number of nitrogens with zero attached hydrogens (tertiary/aromatic N) is 2. The second kappa shape index (κ2) is 14.5. The number of carbonyl (C=O) groups is 2. The van der Waals surface area contributed by atoms with Gasteiger partial charge < -0.3 is 10.2 Å². The zero-order valence-corrected chi connectivity index (χ0v) is 28.0. The summed E-state index contributed by atoms with van der Waals surface area (Å²) in [6.07, 6.45) is 0.199. The van der Waals surface area contributed by atoms with E-state index in [9.17, 15) is 18.0 Å². The van der Waals surface area contributed by atoms with E-state index in [-0.39, 0.29) is 29.5 Å². The summed E-state index contributed by atoms with van der Waals surface area (Å²) < 4.78 is 29.3. The average molecular weight is 667 g/mol. The number of rotatable bonds is 11. The highest BCUT2D eigenvalue weighted by Crippen LogP contribution is 2.27. The van der Waals surface area contributed by atoms with Crippen molar-refractivity contribution < 1.29 is 18.0 Å². The van der Waals surface area contributed by atoms with E-state index in [2.05, 4.69) is 5.32 Å². The van der Waals surface area contributed by atoms with Crippen molar-refractivity contribution in [2.24, 2.45) is 0 Å². The minimum atomic E-state index is -4.21. The molecule has 45 heavy (non-hydrogen) atoms. The van der Waals surface area contributed by atoms with Crippen molar-refractivity contribution >= 4 is 50.7 Å². The summed E-state index contributed by atoms with van der Waals surface area (Å²) in [4.78, 5) is 29.9. The molecule has 7 nitrogen and oxygen atoms in total. The molecule has 0 radical (unpaired) electrons. The van der Waals surface area contributed by atoms with Crippen LogP contribution in [0.25, 0.3) is 0 Å². The Bertz CT molecular complexity index is 1720. The Labute approximate surface area is 275 Å². The van der Waals surface area contributed by atoms with Gasteiger partial charge in [0.25, 0.3) is 10.0 Å². The number of hydrogen-bond donors (Lipinski definition) is 1. The highest BCUT2D eigenvalue weighted by atomic mass is 35.5. The molecule has 0 spiro atoms. The lowest BCUT2D eigenvalue weighted by Crippen LogP contribution is -2.56. The third-order valence-electron chi connectivity index (χ3n) is 7.07. The SMILES string of the molecule is Cc1ccc(S(=O)(=O)N(CC(=O)N(Cc2ccccc2Cl)C(Cc2ccccc2)C(=O)NC(C)(C)C)c2ccc(Cl)cc2)cc1. The van der Waals surface area contributed by atoms with Gasteiger partial charge in [-0.3, -0.25) is 13.9 Å². The van der Waals surface area contributed by atoms with Crippen molar-refractivity contribution in [2.75, 3.05) is 10.8 Å². The fourth-order valence-electron chi connectivity index (χ4n) is 4.79. The molecule has 1 atom stereocenters.